The van der Waals surface area contributed by atoms with Crippen LogP contribution >= 0.6 is 0 Å². The van der Waals surface area contributed by atoms with E-state index in [1.54, 1.807) is 6.07 Å². The number of carbonyl (C=O) groups excluding carboxylic acids is 2. The molecule has 0 aliphatic carbocycles. The van der Waals surface area contributed by atoms with E-state index in [0.717, 1.165) is 35.3 Å². The van der Waals surface area contributed by atoms with Crippen LogP contribution in [0.3, 0.4) is 0 Å². The van der Waals surface area contributed by atoms with Crippen molar-refractivity contribution in [1.82, 2.24) is 0 Å². The lowest BCUT2D eigenvalue weighted by atomic mass is 9.98. The normalized spacial score (nSPS) is 10.7. The van der Waals surface area contributed by atoms with Crippen molar-refractivity contribution in [3.8, 4) is 17.2 Å². The van der Waals surface area contributed by atoms with Crippen LogP contribution in [0.5, 0.6) is 17.2 Å². The zero-order valence-electron chi connectivity index (χ0n) is 20.2. The van der Waals surface area contributed by atoms with E-state index in [-0.39, 0.29) is 17.5 Å². The molecule has 0 bridgehead atoms. The second-order valence-electron chi connectivity index (χ2n) is 7.89. The zero-order chi connectivity index (χ0) is 24.2. The number of Topliss-reactive ketones (excluding diaryl/α,β-unsaturated/α-hetero) is 1. The molecule has 180 valence electrons. The van der Waals surface area contributed by atoms with Gasteiger partial charge in [-0.2, -0.15) is 0 Å². The van der Waals surface area contributed by atoms with Crippen molar-refractivity contribution in [2.75, 3.05) is 19.8 Å². The molecule has 0 atom stereocenters. The Balaban J connectivity index is 1.95. The molecule has 0 radical (unpaired) electrons. The summed E-state index contributed by atoms with van der Waals surface area (Å²) in [5, 5.41) is 10.1. The van der Waals surface area contributed by atoms with Crippen LogP contribution < -0.4 is 9.47 Å². The van der Waals surface area contributed by atoms with E-state index < -0.39 is 0 Å². The number of aromatic hydroxyl groups is 1. The first-order valence-corrected chi connectivity index (χ1v) is 11.8. The van der Waals surface area contributed by atoms with Gasteiger partial charge in [-0.3, -0.25) is 9.59 Å². The summed E-state index contributed by atoms with van der Waals surface area (Å²) in [6.07, 6.45) is 4.22. The fraction of sp³-hybridized carbons (Fsp3) is 0.481. The summed E-state index contributed by atoms with van der Waals surface area (Å²) in [5.41, 5.74) is 3.46. The van der Waals surface area contributed by atoms with Gasteiger partial charge in [0.05, 0.1) is 25.4 Å². The second-order valence-corrected chi connectivity index (χ2v) is 7.89. The molecule has 0 amide bonds. The molecule has 0 unspecified atom stereocenters. The van der Waals surface area contributed by atoms with Gasteiger partial charge in [0.1, 0.15) is 17.2 Å². The predicted molar refractivity (Wildman–Crippen MR) is 128 cm³/mol. The summed E-state index contributed by atoms with van der Waals surface area (Å²) < 4.78 is 17.0. The third-order valence-corrected chi connectivity index (χ3v) is 5.38. The highest BCUT2D eigenvalue weighted by molar-refractivity contribution is 5.97. The Morgan fingerprint density at radius 1 is 0.939 bits per heavy atom. The summed E-state index contributed by atoms with van der Waals surface area (Å²) in [5.74, 6) is 1.02. The minimum atomic E-state index is -0.183. The van der Waals surface area contributed by atoms with Crippen LogP contribution in [0.1, 0.15) is 74.0 Å². The van der Waals surface area contributed by atoms with E-state index in [4.69, 9.17) is 14.2 Å². The summed E-state index contributed by atoms with van der Waals surface area (Å²) in [6.45, 7) is 8.66. The average molecular weight is 457 g/mol. The molecule has 0 aliphatic rings. The minimum Gasteiger partial charge on any atom is -0.507 e. The Hall–Kier alpha value is -3.02. The zero-order valence-corrected chi connectivity index (χ0v) is 20.2. The molecule has 6 heteroatoms. The molecule has 0 saturated carbocycles. The van der Waals surface area contributed by atoms with Gasteiger partial charge < -0.3 is 19.3 Å². The van der Waals surface area contributed by atoms with E-state index >= 15 is 0 Å². The van der Waals surface area contributed by atoms with E-state index in [0.29, 0.717) is 56.8 Å². The Morgan fingerprint density at radius 2 is 1.67 bits per heavy atom. The summed E-state index contributed by atoms with van der Waals surface area (Å²) >= 11 is 0. The number of rotatable bonds is 14. The Morgan fingerprint density at radius 3 is 2.30 bits per heavy atom. The van der Waals surface area contributed by atoms with Gasteiger partial charge in [0, 0.05) is 18.9 Å². The molecule has 0 aliphatic heterocycles. The van der Waals surface area contributed by atoms with Gasteiger partial charge >= 0.3 is 5.97 Å². The maximum absolute atomic E-state index is 11.8. The lowest BCUT2D eigenvalue weighted by molar-refractivity contribution is -0.143. The van der Waals surface area contributed by atoms with E-state index in [1.165, 1.54) is 13.0 Å². The van der Waals surface area contributed by atoms with Crippen molar-refractivity contribution in [3.63, 3.8) is 0 Å². The molecule has 2 aromatic rings. The lowest BCUT2D eigenvalue weighted by Crippen LogP contribution is -2.09. The first kappa shape index (κ1) is 26.2. The number of phenols is 1. The van der Waals surface area contributed by atoms with Gasteiger partial charge in [0.25, 0.3) is 0 Å². The molecular weight excluding hydrogens is 420 g/mol. The molecule has 2 rings (SSSR count). The number of phenolic OH excluding ortho intramolecular Hbond substituents is 1. The molecule has 0 aromatic heterocycles. The van der Waals surface area contributed by atoms with Gasteiger partial charge in [-0.15, -0.1) is 0 Å². The van der Waals surface area contributed by atoms with Crippen LogP contribution in [-0.4, -0.2) is 36.7 Å². The fourth-order valence-corrected chi connectivity index (χ4v) is 3.71. The third-order valence-electron chi connectivity index (χ3n) is 5.38. The van der Waals surface area contributed by atoms with Crippen LogP contribution in [-0.2, 0) is 28.8 Å². The SMILES string of the molecule is CCCc1c(CCC(=O)OCC)cccc1OCCCOc1cc(O)c(C(C)=O)cc1CC. The van der Waals surface area contributed by atoms with Crippen LogP contribution in [0.4, 0.5) is 0 Å². The monoisotopic (exact) mass is 456 g/mol. The number of ether oxygens (including phenoxy) is 3. The Bertz CT molecular complexity index is 934. The average Bonchev–Trinajstić information content (AvgIpc) is 2.79. The smallest absolute Gasteiger partial charge is 0.306 e. The van der Waals surface area contributed by atoms with E-state index in [9.17, 15) is 14.7 Å². The van der Waals surface area contributed by atoms with Crippen molar-refractivity contribution in [1.29, 1.82) is 0 Å². The molecule has 1 N–H and O–H groups in total. The quantitative estimate of drug-likeness (QED) is 0.231. The third kappa shape index (κ3) is 7.81. The first-order chi connectivity index (χ1) is 15.9. The molecule has 2 aromatic carbocycles. The van der Waals surface area contributed by atoms with Crippen molar-refractivity contribution in [2.45, 2.75) is 66.2 Å². The standard InChI is InChI=1S/C27H36O6/c1-5-10-22-21(13-14-27(30)31-7-3)11-8-12-25(22)32-15-9-16-33-26-18-24(29)23(19(4)28)17-20(26)6-2/h8,11-12,17-18,29H,5-7,9-10,13-16H2,1-4H3. The van der Waals surface area contributed by atoms with Crippen molar-refractivity contribution in [2.24, 2.45) is 0 Å². The van der Waals surface area contributed by atoms with Gasteiger partial charge in [0.15, 0.2) is 5.78 Å². The second kappa shape index (κ2) is 13.5. The number of esters is 1. The number of aryl methyl sites for hydroxylation is 2. The van der Waals surface area contributed by atoms with Gasteiger partial charge in [-0.05, 0) is 61.9 Å². The number of ketones is 1. The summed E-state index contributed by atoms with van der Waals surface area (Å²) in [7, 11) is 0. The molecule has 33 heavy (non-hydrogen) atoms. The topological polar surface area (TPSA) is 82.1 Å². The van der Waals surface area contributed by atoms with Gasteiger partial charge in [-0.1, -0.05) is 32.4 Å². The maximum Gasteiger partial charge on any atom is 0.306 e. The van der Waals surface area contributed by atoms with Crippen LogP contribution in [0.2, 0.25) is 0 Å². The highest BCUT2D eigenvalue weighted by atomic mass is 16.5. The number of hydrogen-bond donors (Lipinski definition) is 1. The van der Waals surface area contributed by atoms with Crippen molar-refractivity contribution >= 4 is 11.8 Å². The molecule has 0 saturated heterocycles. The van der Waals surface area contributed by atoms with Crippen molar-refractivity contribution in [3.05, 3.63) is 52.6 Å². The number of carbonyl (C=O) groups is 2. The lowest BCUT2D eigenvalue weighted by Gasteiger charge is -2.16. The van der Waals surface area contributed by atoms with Gasteiger partial charge in [0.2, 0.25) is 0 Å². The highest BCUT2D eigenvalue weighted by Gasteiger charge is 2.14. The summed E-state index contributed by atoms with van der Waals surface area (Å²) in [4.78, 5) is 23.4. The van der Waals surface area contributed by atoms with Crippen LogP contribution in [0, 0.1) is 0 Å². The Labute approximate surface area is 196 Å². The van der Waals surface area contributed by atoms with Crippen LogP contribution in [0.25, 0.3) is 0 Å². The molecular formula is C27H36O6. The van der Waals surface area contributed by atoms with Crippen molar-refractivity contribution < 1.29 is 28.9 Å². The molecule has 6 nitrogen and oxygen atoms in total. The van der Waals surface area contributed by atoms with Gasteiger partial charge in [-0.25, -0.2) is 0 Å². The first-order valence-electron chi connectivity index (χ1n) is 11.8. The van der Waals surface area contributed by atoms with E-state index in [1.807, 2.05) is 32.0 Å². The largest absolute Gasteiger partial charge is 0.507 e. The van der Waals surface area contributed by atoms with Crippen LogP contribution in [0.15, 0.2) is 30.3 Å². The number of hydrogen-bond acceptors (Lipinski definition) is 6. The fourth-order valence-electron chi connectivity index (χ4n) is 3.71. The molecule has 0 heterocycles. The maximum atomic E-state index is 11.8. The predicted octanol–water partition coefficient (Wildman–Crippen LogP) is 5.45. The van der Waals surface area contributed by atoms with E-state index in [2.05, 4.69) is 6.92 Å². The molecule has 0 fully saturated rings. The summed E-state index contributed by atoms with van der Waals surface area (Å²) in [6, 6.07) is 9.18. The molecule has 0 spiro atoms. The number of benzene rings is 2. The highest BCUT2D eigenvalue weighted by Crippen LogP contribution is 2.30. The Kier molecular flexibility index (Phi) is 10.7. The minimum absolute atomic E-state index is 0.0604.